The molecule has 0 unspecified atom stereocenters. The second kappa shape index (κ2) is 8.54. The molecule has 0 aromatic heterocycles. The summed E-state index contributed by atoms with van der Waals surface area (Å²) in [5.74, 6) is 0.849. The predicted molar refractivity (Wildman–Crippen MR) is 114 cm³/mol. The average molecular weight is 358 g/mol. The third kappa shape index (κ3) is 5.71. The van der Waals surface area contributed by atoms with Crippen molar-refractivity contribution in [3.05, 3.63) is 95.6 Å². The molecule has 0 aliphatic carbocycles. The van der Waals surface area contributed by atoms with Gasteiger partial charge in [0.25, 0.3) is 0 Å². The molecular weight excluding hydrogens is 332 g/mol. The minimum Gasteiger partial charge on any atom is -0.489 e. The molecule has 3 aromatic rings. The second-order valence-corrected chi connectivity index (χ2v) is 7.54. The maximum absolute atomic E-state index is 5.80. The van der Waals surface area contributed by atoms with Crippen molar-refractivity contribution in [2.45, 2.75) is 32.8 Å². The van der Waals surface area contributed by atoms with Crippen molar-refractivity contribution in [2.75, 3.05) is 5.43 Å². The van der Waals surface area contributed by atoms with E-state index in [4.69, 9.17) is 4.74 Å². The van der Waals surface area contributed by atoms with Crippen LogP contribution in [-0.2, 0) is 12.0 Å². The number of ether oxygens (including phenoxy) is 1. The van der Waals surface area contributed by atoms with Gasteiger partial charge in [0.05, 0.1) is 11.9 Å². The molecule has 0 saturated heterocycles. The van der Waals surface area contributed by atoms with Crippen molar-refractivity contribution < 1.29 is 4.74 Å². The predicted octanol–water partition coefficient (Wildman–Crippen LogP) is 6.01. The summed E-state index contributed by atoms with van der Waals surface area (Å²) in [7, 11) is 0. The number of nitrogens with one attached hydrogen (secondary N) is 1. The first-order valence-corrected chi connectivity index (χ1v) is 9.17. The van der Waals surface area contributed by atoms with Gasteiger partial charge in [0.1, 0.15) is 12.4 Å². The first-order chi connectivity index (χ1) is 13.0. The van der Waals surface area contributed by atoms with E-state index in [-0.39, 0.29) is 5.41 Å². The smallest absolute Gasteiger partial charge is 0.119 e. The third-order valence-electron chi connectivity index (χ3n) is 4.29. The molecule has 0 aliphatic rings. The van der Waals surface area contributed by atoms with Crippen LogP contribution < -0.4 is 10.2 Å². The Morgan fingerprint density at radius 1 is 0.852 bits per heavy atom. The Morgan fingerprint density at radius 2 is 1.52 bits per heavy atom. The third-order valence-corrected chi connectivity index (χ3v) is 4.29. The molecule has 0 heterocycles. The molecule has 3 aromatic carbocycles. The fraction of sp³-hybridized carbons (Fsp3) is 0.208. The number of rotatable bonds is 6. The van der Waals surface area contributed by atoms with Crippen LogP contribution in [0.5, 0.6) is 5.75 Å². The largest absolute Gasteiger partial charge is 0.489 e. The van der Waals surface area contributed by atoms with E-state index < -0.39 is 0 Å². The van der Waals surface area contributed by atoms with Crippen molar-refractivity contribution in [3.8, 4) is 5.75 Å². The molecular formula is C24H26N2O. The molecule has 0 atom stereocenters. The highest BCUT2D eigenvalue weighted by molar-refractivity contribution is 5.80. The zero-order valence-electron chi connectivity index (χ0n) is 16.1. The van der Waals surface area contributed by atoms with E-state index >= 15 is 0 Å². The van der Waals surface area contributed by atoms with Gasteiger partial charge < -0.3 is 4.74 Å². The highest BCUT2D eigenvalue weighted by atomic mass is 16.5. The van der Waals surface area contributed by atoms with Crippen molar-refractivity contribution >= 4 is 11.9 Å². The first-order valence-electron chi connectivity index (χ1n) is 9.17. The second-order valence-electron chi connectivity index (χ2n) is 7.54. The van der Waals surface area contributed by atoms with Gasteiger partial charge >= 0.3 is 0 Å². The number of nitrogens with zero attached hydrogens (tertiary/aromatic N) is 1. The fourth-order valence-electron chi connectivity index (χ4n) is 2.62. The van der Waals surface area contributed by atoms with E-state index in [0.717, 1.165) is 22.6 Å². The summed E-state index contributed by atoms with van der Waals surface area (Å²) in [6, 6.07) is 26.4. The summed E-state index contributed by atoms with van der Waals surface area (Å²) >= 11 is 0. The van der Waals surface area contributed by atoms with Crippen molar-refractivity contribution in [3.63, 3.8) is 0 Å². The first kappa shape index (κ1) is 18.7. The van der Waals surface area contributed by atoms with Gasteiger partial charge in [-0.1, -0.05) is 63.2 Å². The van der Waals surface area contributed by atoms with Crippen molar-refractivity contribution in [2.24, 2.45) is 5.10 Å². The Labute approximate surface area is 161 Å². The number of hydrogen-bond donors (Lipinski definition) is 1. The van der Waals surface area contributed by atoms with Crippen LogP contribution in [0.2, 0.25) is 0 Å². The Kier molecular flexibility index (Phi) is 5.92. The summed E-state index contributed by atoms with van der Waals surface area (Å²) in [5.41, 5.74) is 7.68. The molecule has 27 heavy (non-hydrogen) atoms. The van der Waals surface area contributed by atoms with Gasteiger partial charge in [0, 0.05) is 0 Å². The number of benzene rings is 3. The van der Waals surface area contributed by atoms with Crippen molar-refractivity contribution in [1.82, 2.24) is 0 Å². The van der Waals surface area contributed by atoms with Crippen LogP contribution in [0, 0.1) is 0 Å². The Hall–Kier alpha value is -3.07. The molecule has 3 heteroatoms. The minimum atomic E-state index is 0.159. The van der Waals surface area contributed by atoms with Gasteiger partial charge in [-0.3, -0.25) is 5.43 Å². The lowest BCUT2D eigenvalue weighted by molar-refractivity contribution is 0.306. The molecule has 0 fully saturated rings. The van der Waals surface area contributed by atoms with Crippen LogP contribution >= 0.6 is 0 Å². The van der Waals surface area contributed by atoms with E-state index in [2.05, 4.69) is 67.7 Å². The van der Waals surface area contributed by atoms with Gasteiger partial charge in [-0.25, -0.2) is 0 Å². The molecule has 3 rings (SSSR count). The van der Waals surface area contributed by atoms with Gasteiger partial charge in [-0.15, -0.1) is 0 Å². The van der Waals surface area contributed by atoms with Gasteiger partial charge in [0.15, 0.2) is 0 Å². The lowest BCUT2D eigenvalue weighted by Gasteiger charge is -2.18. The van der Waals surface area contributed by atoms with Gasteiger partial charge in [-0.05, 0) is 58.5 Å². The van der Waals surface area contributed by atoms with Crippen LogP contribution in [0.3, 0.4) is 0 Å². The Bertz CT molecular complexity index is 861. The molecule has 0 spiro atoms. The topological polar surface area (TPSA) is 33.6 Å². The van der Waals surface area contributed by atoms with E-state index in [1.165, 1.54) is 5.56 Å². The minimum absolute atomic E-state index is 0.159. The summed E-state index contributed by atoms with van der Waals surface area (Å²) in [6.45, 7) is 7.20. The van der Waals surface area contributed by atoms with Crippen molar-refractivity contribution in [1.29, 1.82) is 0 Å². The fourth-order valence-corrected chi connectivity index (χ4v) is 2.62. The quantitative estimate of drug-likeness (QED) is 0.432. The molecule has 0 radical (unpaired) electrons. The monoisotopic (exact) mass is 358 g/mol. The van der Waals surface area contributed by atoms with Crippen LogP contribution in [-0.4, -0.2) is 6.21 Å². The summed E-state index contributed by atoms with van der Waals surface area (Å²) in [5, 5.41) is 4.31. The summed E-state index contributed by atoms with van der Waals surface area (Å²) < 4.78 is 5.80. The van der Waals surface area contributed by atoms with Crippen LogP contribution in [0.15, 0.2) is 84.0 Å². The van der Waals surface area contributed by atoms with Gasteiger partial charge in [-0.2, -0.15) is 5.10 Å². The zero-order valence-corrected chi connectivity index (χ0v) is 16.1. The van der Waals surface area contributed by atoms with E-state index in [1.54, 1.807) is 6.21 Å². The number of anilines is 1. The van der Waals surface area contributed by atoms with E-state index in [0.29, 0.717) is 6.61 Å². The SMILES string of the molecule is CC(C)(C)c1ccc(NN=Cc2ccc(OCc3ccccc3)cc2)cc1. The maximum Gasteiger partial charge on any atom is 0.119 e. The highest BCUT2D eigenvalue weighted by Crippen LogP contribution is 2.23. The zero-order chi connectivity index (χ0) is 19.1. The molecule has 0 amide bonds. The molecule has 0 aliphatic heterocycles. The van der Waals surface area contributed by atoms with Crippen LogP contribution in [0.1, 0.15) is 37.5 Å². The highest BCUT2D eigenvalue weighted by Gasteiger charge is 2.12. The van der Waals surface area contributed by atoms with Crippen LogP contribution in [0.25, 0.3) is 0 Å². The van der Waals surface area contributed by atoms with E-state index in [1.807, 2.05) is 42.5 Å². The normalized spacial score (nSPS) is 11.5. The molecule has 0 bridgehead atoms. The average Bonchev–Trinajstić information content (AvgIpc) is 2.68. The Morgan fingerprint density at radius 3 is 2.15 bits per heavy atom. The standard InChI is InChI=1S/C24H26N2O/c1-24(2,3)21-11-13-22(14-12-21)26-25-17-19-9-15-23(16-10-19)27-18-20-7-5-4-6-8-20/h4-17,26H,18H2,1-3H3. The Balaban J connectivity index is 1.52. The molecule has 3 nitrogen and oxygen atoms in total. The molecule has 138 valence electrons. The molecule has 1 N–H and O–H groups in total. The summed E-state index contributed by atoms with van der Waals surface area (Å²) in [4.78, 5) is 0. The molecule has 0 saturated carbocycles. The number of hydrazone groups is 1. The maximum atomic E-state index is 5.80. The number of hydrogen-bond acceptors (Lipinski definition) is 3. The lowest BCUT2D eigenvalue weighted by Crippen LogP contribution is -2.10. The van der Waals surface area contributed by atoms with Gasteiger partial charge in [0.2, 0.25) is 0 Å². The van der Waals surface area contributed by atoms with Crippen LogP contribution in [0.4, 0.5) is 5.69 Å². The van der Waals surface area contributed by atoms with E-state index in [9.17, 15) is 0 Å². The summed E-state index contributed by atoms with van der Waals surface area (Å²) in [6.07, 6.45) is 1.80. The lowest BCUT2D eigenvalue weighted by atomic mass is 9.87.